The molecular weight excluding hydrogens is 504 g/mol. The molecule has 0 atom stereocenters. The number of ether oxygens (including phenoxy) is 2. The van der Waals surface area contributed by atoms with E-state index in [1.54, 1.807) is 12.1 Å². The molecule has 0 spiro atoms. The Morgan fingerprint density at radius 3 is 2.41 bits per heavy atom. The van der Waals surface area contributed by atoms with E-state index in [-0.39, 0.29) is 19.1 Å². The highest BCUT2D eigenvalue weighted by Gasteiger charge is 2.15. The maximum Gasteiger partial charge on any atom is 0.329 e. The lowest BCUT2D eigenvalue weighted by molar-refractivity contribution is -0.139. The molecule has 0 saturated heterocycles. The lowest BCUT2D eigenvalue weighted by atomic mass is 10.1. The number of halogens is 1. The summed E-state index contributed by atoms with van der Waals surface area (Å²) in [5.41, 5.74) is 5.49. The van der Waals surface area contributed by atoms with E-state index in [1.807, 2.05) is 39.0 Å². The SMILES string of the molecule is C=CCNC(=O)C(=O)NN=Cc1cc(Br)c(OCC(=O)Nc2cc(C)cc(C)c2)c(OCC)c1. The van der Waals surface area contributed by atoms with Gasteiger partial charge in [0.15, 0.2) is 18.1 Å². The van der Waals surface area contributed by atoms with Gasteiger partial charge in [-0.1, -0.05) is 12.1 Å². The van der Waals surface area contributed by atoms with Crippen LogP contribution in [0.1, 0.15) is 23.6 Å². The molecule has 2 rings (SSSR count). The van der Waals surface area contributed by atoms with Crippen molar-refractivity contribution in [3.8, 4) is 11.5 Å². The van der Waals surface area contributed by atoms with Crippen LogP contribution in [0.3, 0.4) is 0 Å². The molecule has 0 heterocycles. The lowest BCUT2D eigenvalue weighted by Crippen LogP contribution is -2.37. The first-order chi connectivity index (χ1) is 16.2. The summed E-state index contributed by atoms with van der Waals surface area (Å²) in [6.07, 6.45) is 2.81. The number of hydrogen-bond donors (Lipinski definition) is 3. The molecule has 0 fully saturated rings. The predicted molar refractivity (Wildman–Crippen MR) is 134 cm³/mol. The largest absolute Gasteiger partial charge is 0.490 e. The van der Waals surface area contributed by atoms with Crippen molar-refractivity contribution in [2.45, 2.75) is 20.8 Å². The molecule has 0 bridgehead atoms. The maximum atomic E-state index is 12.4. The molecule has 3 N–H and O–H groups in total. The molecule has 2 aromatic carbocycles. The molecular formula is C24H27BrN4O5. The van der Waals surface area contributed by atoms with Crippen LogP contribution in [0.4, 0.5) is 5.69 Å². The van der Waals surface area contributed by atoms with Gasteiger partial charge in [0.05, 0.1) is 17.3 Å². The van der Waals surface area contributed by atoms with Gasteiger partial charge in [-0.15, -0.1) is 6.58 Å². The average Bonchev–Trinajstić information content (AvgIpc) is 2.76. The van der Waals surface area contributed by atoms with Gasteiger partial charge in [0.25, 0.3) is 5.91 Å². The van der Waals surface area contributed by atoms with E-state index in [9.17, 15) is 14.4 Å². The van der Waals surface area contributed by atoms with Crippen LogP contribution in [0.15, 0.2) is 52.6 Å². The van der Waals surface area contributed by atoms with Crippen LogP contribution in [-0.2, 0) is 14.4 Å². The third kappa shape index (κ3) is 8.36. The van der Waals surface area contributed by atoms with E-state index in [0.717, 1.165) is 11.1 Å². The molecule has 2 aromatic rings. The van der Waals surface area contributed by atoms with Crippen LogP contribution in [-0.4, -0.2) is 43.7 Å². The first-order valence-corrected chi connectivity index (χ1v) is 11.2. The summed E-state index contributed by atoms with van der Waals surface area (Å²) in [6.45, 7) is 9.49. The van der Waals surface area contributed by atoms with E-state index in [4.69, 9.17) is 9.47 Å². The Morgan fingerprint density at radius 2 is 1.76 bits per heavy atom. The molecule has 0 saturated carbocycles. The first kappa shape index (κ1) is 26.6. The summed E-state index contributed by atoms with van der Waals surface area (Å²) in [6, 6.07) is 9.09. The number of carbonyl (C=O) groups is 3. The van der Waals surface area contributed by atoms with Crippen LogP contribution in [0, 0.1) is 13.8 Å². The number of anilines is 1. The van der Waals surface area contributed by atoms with E-state index in [2.05, 4.69) is 43.7 Å². The summed E-state index contributed by atoms with van der Waals surface area (Å²) in [7, 11) is 0. The minimum absolute atomic E-state index is 0.171. The van der Waals surface area contributed by atoms with Gasteiger partial charge in [-0.3, -0.25) is 14.4 Å². The highest BCUT2D eigenvalue weighted by molar-refractivity contribution is 9.10. The van der Waals surface area contributed by atoms with Gasteiger partial charge >= 0.3 is 11.8 Å². The highest BCUT2D eigenvalue weighted by atomic mass is 79.9. The van der Waals surface area contributed by atoms with Gasteiger partial charge in [0.2, 0.25) is 0 Å². The zero-order valence-corrected chi connectivity index (χ0v) is 20.8. The number of carbonyl (C=O) groups excluding carboxylic acids is 3. The first-order valence-electron chi connectivity index (χ1n) is 10.4. The fourth-order valence-corrected chi connectivity index (χ4v) is 3.48. The van der Waals surface area contributed by atoms with E-state index < -0.39 is 11.8 Å². The maximum absolute atomic E-state index is 12.4. The number of benzene rings is 2. The van der Waals surface area contributed by atoms with Crippen molar-refractivity contribution in [1.82, 2.24) is 10.7 Å². The third-order valence-electron chi connectivity index (χ3n) is 4.18. The number of hydrazone groups is 1. The van der Waals surface area contributed by atoms with Gasteiger partial charge in [0.1, 0.15) is 0 Å². The topological polar surface area (TPSA) is 118 Å². The van der Waals surface area contributed by atoms with Crippen molar-refractivity contribution in [3.63, 3.8) is 0 Å². The Labute approximate surface area is 206 Å². The van der Waals surface area contributed by atoms with Crippen molar-refractivity contribution in [2.75, 3.05) is 25.1 Å². The summed E-state index contributed by atoms with van der Waals surface area (Å²) in [5.74, 6) is -1.31. The molecule has 34 heavy (non-hydrogen) atoms. The standard InChI is InChI=1S/C24H27BrN4O5/c1-5-7-26-23(31)24(32)29-27-13-17-11-19(25)22(20(12-17)33-6-2)34-14-21(30)28-18-9-15(3)8-16(4)10-18/h5,8-13H,1,6-7,14H2,2-4H3,(H,26,31)(H,28,30)(H,29,32). The van der Waals surface area contributed by atoms with Crippen LogP contribution >= 0.6 is 15.9 Å². The number of amides is 3. The van der Waals surface area contributed by atoms with Crippen LogP contribution < -0.4 is 25.5 Å². The van der Waals surface area contributed by atoms with Gasteiger partial charge in [-0.25, -0.2) is 5.43 Å². The van der Waals surface area contributed by atoms with Crippen molar-refractivity contribution in [3.05, 3.63) is 64.1 Å². The second-order valence-electron chi connectivity index (χ2n) is 7.17. The second-order valence-corrected chi connectivity index (χ2v) is 8.03. The Bertz CT molecular complexity index is 1080. The Morgan fingerprint density at radius 1 is 1.06 bits per heavy atom. The summed E-state index contributed by atoms with van der Waals surface area (Å²) in [5, 5.41) is 8.95. The van der Waals surface area contributed by atoms with Crippen LogP contribution in [0.2, 0.25) is 0 Å². The molecule has 0 aliphatic rings. The number of aryl methyl sites for hydroxylation is 2. The van der Waals surface area contributed by atoms with E-state index >= 15 is 0 Å². The Hall–Kier alpha value is -3.66. The van der Waals surface area contributed by atoms with Gasteiger partial charge < -0.3 is 20.1 Å². The zero-order chi connectivity index (χ0) is 25.1. The van der Waals surface area contributed by atoms with Crippen molar-refractivity contribution in [2.24, 2.45) is 5.10 Å². The van der Waals surface area contributed by atoms with Crippen molar-refractivity contribution in [1.29, 1.82) is 0 Å². The molecule has 180 valence electrons. The molecule has 0 aliphatic carbocycles. The quantitative estimate of drug-likeness (QED) is 0.188. The molecule has 0 unspecified atom stereocenters. The molecule has 3 amide bonds. The highest BCUT2D eigenvalue weighted by Crippen LogP contribution is 2.36. The van der Waals surface area contributed by atoms with E-state index in [0.29, 0.717) is 33.8 Å². The summed E-state index contributed by atoms with van der Waals surface area (Å²) < 4.78 is 11.9. The fourth-order valence-electron chi connectivity index (χ4n) is 2.91. The fraction of sp³-hybridized carbons (Fsp3) is 0.250. The number of nitrogens with zero attached hydrogens (tertiary/aromatic N) is 1. The molecule has 9 nitrogen and oxygen atoms in total. The molecule has 10 heteroatoms. The summed E-state index contributed by atoms with van der Waals surface area (Å²) >= 11 is 3.42. The minimum Gasteiger partial charge on any atom is -0.490 e. The Balaban J connectivity index is 2.06. The van der Waals surface area contributed by atoms with Crippen molar-refractivity contribution < 1.29 is 23.9 Å². The van der Waals surface area contributed by atoms with Gasteiger partial charge in [-0.05, 0) is 77.7 Å². The third-order valence-corrected chi connectivity index (χ3v) is 4.77. The average molecular weight is 531 g/mol. The molecule has 0 aliphatic heterocycles. The Kier molecular flexibility index (Phi) is 10.3. The minimum atomic E-state index is -0.906. The van der Waals surface area contributed by atoms with Crippen LogP contribution in [0.25, 0.3) is 0 Å². The normalized spacial score (nSPS) is 10.5. The molecule has 0 aromatic heterocycles. The zero-order valence-electron chi connectivity index (χ0n) is 19.2. The van der Waals surface area contributed by atoms with E-state index in [1.165, 1.54) is 12.3 Å². The number of nitrogens with one attached hydrogen (secondary N) is 3. The van der Waals surface area contributed by atoms with Crippen LogP contribution in [0.5, 0.6) is 11.5 Å². The monoisotopic (exact) mass is 530 g/mol. The number of rotatable bonds is 10. The predicted octanol–water partition coefficient (Wildman–Crippen LogP) is 3.23. The smallest absolute Gasteiger partial charge is 0.329 e. The van der Waals surface area contributed by atoms with Crippen molar-refractivity contribution >= 4 is 45.6 Å². The van der Waals surface area contributed by atoms with Gasteiger partial charge in [0, 0.05) is 12.2 Å². The second kappa shape index (κ2) is 13.1. The van der Waals surface area contributed by atoms with Gasteiger partial charge in [-0.2, -0.15) is 5.10 Å². The number of hydrogen-bond acceptors (Lipinski definition) is 6. The molecule has 0 radical (unpaired) electrons. The summed E-state index contributed by atoms with van der Waals surface area (Å²) in [4.78, 5) is 35.6. The lowest BCUT2D eigenvalue weighted by Gasteiger charge is -2.15.